The van der Waals surface area contributed by atoms with Gasteiger partial charge in [0, 0.05) is 12.6 Å². The van der Waals surface area contributed by atoms with E-state index in [9.17, 15) is 4.79 Å². The van der Waals surface area contributed by atoms with Crippen molar-refractivity contribution in [1.29, 1.82) is 0 Å². The van der Waals surface area contributed by atoms with Crippen LogP contribution in [0.3, 0.4) is 0 Å². The average Bonchev–Trinajstić information content (AvgIpc) is 2.41. The molecular weight excluding hydrogens is 226 g/mol. The smallest absolute Gasteiger partial charge is 0.309 e. The minimum Gasteiger partial charge on any atom is -0.469 e. The van der Waals surface area contributed by atoms with Crippen LogP contribution in [0, 0.1) is 17.8 Å². The van der Waals surface area contributed by atoms with Gasteiger partial charge in [-0.05, 0) is 50.5 Å². The van der Waals surface area contributed by atoms with Gasteiger partial charge in [0.05, 0.1) is 13.0 Å². The van der Waals surface area contributed by atoms with Crippen molar-refractivity contribution < 1.29 is 9.53 Å². The third-order valence-electron chi connectivity index (χ3n) is 5.07. The molecule has 0 amide bonds. The van der Waals surface area contributed by atoms with Crippen molar-refractivity contribution in [3.63, 3.8) is 0 Å². The minimum atomic E-state index is -0.0167. The quantitative estimate of drug-likeness (QED) is 0.709. The van der Waals surface area contributed by atoms with Gasteiger partial charge in [-0.1, -0.05) is 13.8 Å². The van der Waals surface area contributed by atoms with Crippen molar-refractivity contribution in [2.45, 2.75) is 52.0 Å². The van der Waals surface area contributed by atoms with Gasteiger partial charge in [0.15, 0.2) is 0 Å². The number of piperidine rings is 1. The van der Waals surface area contributed by atoms with E-state index in [1.54, 1.807) is 0 Å². The molecule has 104 valence electrons. The fourth-order valence-corrected chi connectivity index (χ4v) is 3.55. The van der Waals surface area contributed by atoms with E-state index in [0.29, 0.717) is 6.04 Å². The van der Waals surface area contributed by atoms with E-state index in [-0.39, 0.29) is 11.9 Å². The van der Waals surface area contributed by atoms with Crippen LogP contribution in [-0.4, -0.2) is 37.1 Å². The number of hydrogen-bond acceptors (Lipinski definition) is 3. The summed E-state index contributed by atoms with van der Waals surface area (Å²) in [6.45, 7) is 6.82. The summed E-state index contributed by atoms with van der Waals surface area (Å²) in [5.41, 5.74) is 0. The summed E-state index contributed by atoms with van der Waals surface area (Å²) < 4.78 is 4.90. The molecule has 1 saturated heterocycles. The lowest BCUT2D eigenvalue weighted by molar-refractivity contribution is -0.147. The summed E-state index contributed by atoms with van der Waals surface area (Å²) in [5.74, 6) is 1.78. The summed E-state index contributed by atoms with van der Waals surface area (Å²) in [7, 11) is 1.51. The number of carbonyl (C=O) groups is 1. The Morgan fingerprint density at radius 2 is 1.94 bits per heavy atom. The third kappa shape index (κ3) is 3.05. The summed E-state index contributed by atoms with van der Waals surface area (Å²) in [4.78, 5) is 14.2. The lowest BCUT2D eigenvalue weighted by Gasteiger charge is -2.42. The largest absolute Gasteiger partial charge is 0.469 e. The minimum absolute atomic E-state index is 0.0167. The zero-order chi connectivity index (χ0) is 13.1. The zero-order valence-electron chi connectivity index (χ0n) is 12.0. The van der Waals surface area contributed by atoms with Gasteiger partial charge in [-0.3, -0.25) is 9.69 Å². The number of ether oxygens (including phenoxy) is 1. The second kappa shape index (κ2) is 6.05. The number of rotatable bonds is 2. The van der Waals surface area contributed by atoms with Gasteiger partial charge in [-0.2, -0.15) is 0 Å². The molecule has 1 aliphatic heterocycles. The normalized spacial score (nSPS) is 38.4. The van der Waals surface area contributed by atoms with E-state index in [4.69, 9.17) is 4.74 Å². The summed E-state index contributed by atoms with van der Waals surface area (Å²) in [6, 6.07) is 0.698. The third-order valence-corrected chi connectivity index (χ3v) is 5.07. The Morgan fingerprint density at radius 3 is 2.61 bits per heavy atom. The highest BCUT2D eigenvalue weighted by Gasteiger charge is 2.33. The van der Waals surface area contributed by atoms with Gasteiger partial charge < -0.3 is 4.74 Å². The first-order valence-corrected chi connectivity index (χ1v) is 7.43. The van der Waals surface area contributed by atoms with Crippen molar-refractivity contribution >= 4 is 5.97 Å². The number of esters is 1. The van der Waals surface area contributed by atoms with Crippen LogP contribution in [0.25, 0.3) is 0 Å². The van der Waals surface area contributed by atoms with Gasteiger partial charge in [0.2, 0.25) is 0 Å². The molecule has 3 heteroatoms. The Morgan fingerprint density at radius 1 is 1.17 bits per heavy atom. The van der Waals surface area contributed by atoms with Crippen molar-refractivity contribution in [2.24, 2.45) is 17.8 Å². The highest BCUT2D eigenvalue weighted by atomic mass is 16.5. The van der Waals surface area contributed by atoms with Crippen LogP contribution in [0.1, 0.15) is 46.0 Å². The molecule has 1 heterocycles. The van der Waals surface area contributed by atoms with Gasteiger partial charge in [-0.25, -0.2) is 0 Å². The predicted molar refractivity (Wildman–Crippen MR) is 72.3 cm³/mol. The molecule has 0 bridgehead atoms. The predicted octanol–water partition coefficient (Wildman–Crippen LogP) is 2.70. The van der Waals surface area contributed by atoms with Crippen LogP contribution in [0.4, 0.5) is 0 Å². The molecule has 1 saturated carbocycles. The van der Waals surface area contributed by atoms with Crippen molar-refractivity contribution in [2.75, 3.05) is 20.2 Å². The Hall–Kier alpha value is -0.570. The molecule has 2 aliphatic rings. The Bertz CT molecular complexity index is 292. The first-order chi connectivity index (χ1) is 8.61. The molecule has 0 aromatic heterocycles. The molecule has 18 heavy (non-hydrogen) atoms. The van der Waals surface area contributed by atoms with E-state index < -0.39 is 0 Å². The maximum absolute atomic E-state index is 11.7. The van der Waals surface area contributed by atoms with Gasteiger partial charge >= 0.3 is 5.97 Å². The van der Waals surface area contributed by atoms with E-state index in [0.717, 1.165) is 31.2 Å². The highest BCUT2D eigenvalue weighted by Crippen LogP contribution is 2.33. The van der Waals surface area contributed by atoms with Crippen molar-refractivity contribution in [3.05, 3.63) is 0 Å². The molecule has 0 aromatic carbocycles. The second-order valence-electron chi connectivity index (χ2n) is 6.28. The fourth-order valence-electron chi connectivity index (χ4n) is 3.55. The van der Waals surface area contributed by atoms with Crippen LogP contribution in [0.2, 0.25) is 0 Å². The van der Waals surface area contributed by atoms with Crippen LogP contribution < -0.4 is 0 Å². The monoisotopic (exact) mass is 253 g/mol. The van der Waals surface area contributed by atoms with Crippen molar-refractivity contribution in [1.82, 2.24) is 4.90 Å². The molecule has 2 fully saturated rings. The van der Waals surface area contributed by atoms with E-state index in [1.165, 1.54) is 32.9 Å². The molecule has 3 unspecified atom stereocenters. The number of methoxy groups -OCH3 is 1. The molecular formula is C15H27NO2. The number of likely N-dealkylation sites (tertiary alicyclic amines) is 1. The Balaban J connectivity index is 1.90. The van der Waals surface area contributed by atoms with Crippen molar-refractivity contribution in [3.8, 4) is 0 Å². The lowest BCUT2D eigenvalue weighted by atomic mass is 9.78. The lowest BCUT2D eigenvalue weighted by Crippen LogP contribution is -2.47. The Labute approximate surface area is 111 Å². The Kier molecular flexibility index (Phi) is 4.66. The highest BCUT2D eigenvalue weighted by molar-refractivity contribution is 5.72. The molecule has 1 aliphatic carbocycles. The summed E-state index contributed by atoms with van der Waals surface area (Å²) in [5, 5.41) is 0. The van der Waals surface area contributed by atoms with E-state index in [1.807, 2.05) is 0 Å². The number of carbonyl (C=O) groups excluding carboxylic acids is 1. The zero-order valence-corrected chi connectivity index (χ0v) is 12.0. The van der Waals surface area contributed by atoms with E-state index >= 15 is 0 Å². The fraction of sp³-hybridized carbons (Fsp3) is 0.933. The standard InChI is InChI=1S/C15H27NO2/c1-11-6-7-14(9-12(11)2)16-8-4-5-13(10-16)15(17)18-3/h11-14H,4-10H2,1-3H3/t11?,12?,13-,14?/m0/s1. The maximum atomic E-state index is 11.7. The van der Waals surface area contributed by atoms with Crippen LogP contribution in [0.5, 0.6) is 0 Å². The molecule has 0 radical (unpaired) electrons. The molecule has 0 N–H and O–H groups in total. The van der Waals surface area contributed by atoms with Crippen LogP contribution in [0.15, 0.2) is 0 Å². The first-order valence-electron chi connectivity index (χ1n) is 7.43. The first kappa shape index (κ1) is 13.9. The maximum Gasteiger partial charge on any atom is 0.309 e. The SMILES string of the molecule is COC(=O)[C@H]1CCCN(C2CCC(C)C(C)C2)C1. The molecule has 2 rings (SSSR count). The number of hydrogen-bond donors (Lipinski definition) is 0. The molecule has 3 nitrogen and oxygen atoms in total. The molecule has 4 atom stereocenters. The molecule has 0 spiro atoms. The van der Waals surface area contributed by atoms with Gasteiger partial charge in [-0.15, -0.1) is 0 Å². The van der Waals surface area contributed by atoms with Crippen LogP contribution in [-0.2, 0) is 9.53 Å². The second-order valence-corrected chi connectivity index (χ2v) is 6.28. The van der Waals surface area contributed by atoms with Gasteiger partial charge in [0.25, 0.3) is 0 Å². The number of nitrogens with zero attached hydrogens (tertiary/aromatic N) is 1. The topological polar surface area (TPSA) is 29.5 Å². The van der Waals surface area contributed by atoms with E-state index in [2.05, 4.69) is 18.7 Å². The van der Waals surface area contributed by atoms with Gasteiger partial charge in [0.1, 0.15) is 0 Å². The van der Waals surface area contributed by atoms with Crippen LogP contribution >= 0.6 is 0 Å². The average molecular weight is 253 g/mol. The summed E-state index contributed by atoms with van der Waals surface area (Å²) in [6.07, 6.45) is 6.09. The molecule has 0 aromatic rings. The summed E-state index contributed by atoms with van der Waals surface area (Å²) >= 11 is 0.